The number of halogens is 1. The fourth-order valence-corrected chi connectivity index (χ4v) is 2.97. The lowest BCUT2D eigenvalue weighted by atomic mass is 10.2. The predicted octanol–water partition coefficient (Wildman–Crippen LogP) is 1.14. The Morgan fingerprint density at radius 2 is 2.12 bits per heavy atom. The number of aliphatic carboxylic acids is 1. The second-order valence-corrected chi connectivity index (χ2v) is 6.86. The van der Waals surface area contributed by atoms with E-state index in [0.29, 0.717) is 5.56 Å². The summed E-state index contributed by atoms with van der Waals surface area (Å²) >= 11 is 2.09. The highest BCUT2D eigenvalue weighted by molar-refractivity contribution is 14.1. The number of carbonyl (C=O) groups is 1. The first-order valence-corrected chi connectivity index (χ1v) is 7.40. The van der Waals surface area contributed by atoms with E-state index in [0.717, 1.165) is 7.88 Å². The number of carboxylic acids is 1. The van der Waals surface area contributed by atoms with Gasteiger partial charge in [-0.2, -0.15) is 4.31 Å². The zero-order chi connectivity index (χ0) is 13.1. The van der Waals surface area contributed by atoms with Crippen LogP contribution in [0.4, 0.5) is 0 Å². The van der Waals surface area contributed by atoms with Gasteiger partial charge in [-0.25, -0.2) is 8.42 Å². The number of benzene rings is 1. The number of likely N-dealkylation sites (N-methyl/N-ethyl adjacent to an activating group) is 1. The van der Waals surface area contributed by atoms with Gasteiger partial charge >= 0.3 is 5.97 Å². The Balaban J connectivity index is 2.83. The van der Waals surface area contributed by atoms with Gasteiger partial charge in [0.2, 0.25) is 10.0 Å². The molecule has 0 bridgehead atoms. The topological polar surface area (TPSA) is 74.7 Å². The maximum Gasteiger partial charge on any atom is 0.318 e. The predicted molar refractivity (Wildman–Crippen MR) is 72.0 cm³/mol. The molecule has 0 radical (unpaired) electrons. The van der Waals surface area contributed by atoms with Crippen LogP contribution < -0.4 is 0 Å². The molecule has 0 amide bonds. The van der Waals surface area contributed by atoms with E-state index in [2.05, 4.69) is 22.6 Å². The van der Waals surface area contributed by atoms with E-state index in [1.54, 1.807) is 18.2 Å². The molecule has 0 saturated heterocycles. The van der Waals surface area contributed by atoms with Crippen LogP contribution in [0.2, 0.25) is 0 Å². The normalized spacial score (nSPS) is 11.7. The van der Waals surface area contributed by atoms with Gasteiger partial charge in [0.25, 0.3) is 0 Å². The molecule has 0 fully saturated rings. The van der Waals surface area contributed by atoms with E-state index >= 15 is 0 Å². The molecule has 5 nitrogen and oxygen atoms in total. The number of rotatable bonds is 5. The molecule has 1 aromatic carbocycles. The summed E-state index contributed by atoms with van der Waals surface area (Å²) in [5, 5.41) is 8.55. The van der Waals surface area contributed by atoms with Crippen LogP contribution in [0.5, 0.6) is 0 Å². The van der Waals surface area contributed by atoms with E-state index < -0.39 is 22.5 Å². The van der Waals surface area contributed by atoms with Gasteiger partial charge in [0, 0.05) is 10.6 Å². The summed E-state index contributed by atoms with van der Waals surface area (Å²) < 4.78 is 25.4. The van der Waals surface area contributed by atoms with Crippen LogP contribution in [0.15, 0.2) is 24.3 Å². The highest BCUT2D eigenvalue weighted by Gasteiger charge is 2.20. The smallest absolute Gasteiger partial charge is 0.318 e. The summed E-state index contributed by atoms with van der Waals surface area (Å²) in [7, 11) is -2.31. The van der Waals surface area contributed by atoms with Crippen molar-refractivity contribution in [3.8, 4) is 0 Å². The molecule has 0 aliphatic heterocycles. The number of carboxylic acid groups (broad SMARTS) is 1. The Morgan fingerprint density at radius 1 is 1.47 bits per heavy atom. The van der Waals surface area contributed by atoms with Crippen molar-refractivity contribution >= 4 is 38.6 Å². The third kappa shape index (κ3) is 4.60. The van der Waals surface area contributed by atoms with Gasteiger partial charge < -0.3 is 5.11 Å². The molecule has 0 aromatic heterocycles. The fraction of sp³-hybridized carbons (Fsp3) is 0.300. The number of hydrogen-bond donors (Lipinski definition) is 1. The monoisotopic (exact) mass is 369 g/mol. The third-order valence-corrected chi connectivity index (χ3v) is 4.52. The van der Waals surface area contributed by atoms with E-state index in [9.17, 15) is 13.2 Å². The summed E-state index contributed by atoms with van der Waals surface area (Å²) in [6, 6.07) is 7.09. The number of hydrogen-bond acceptors (Lipinski definition) is 3. The van der Waals surface area contributed by atoms with Gasteiger partial charge in [0.1, 0.15) is 6.54 Å². The van der Waals surface area contributed by atoms with Crippen molar-refractivity contribution in [2.45, 2.75) is 5.75 Å². The molecule has 17 heavy (non-hydrogen) atoms. The minimum Gasteiger partial charge on any atom is -0.480 e. The lowest BCUT2D eigenvalue weighted by molar-refractivity contribution is -0.137. The Labute approximate surface area is 114 Å². The average molecular weight is 369 g/mol. The Kier molecular flexibility index (Phi) is 4.90. The lowest BCUT2D eigenvalue weighted by Gasteiger charge is -2.14. The van der Waals surface area contributed by atoms with Crippen LogP contribution in [-0.4, -0.2) is 37.4 Å². The molecule has 1 aromatic rings. The standard InChI is InChI=1S/C10H12INO4S/c1-12(6-10(13)14)17(15,16)7-8-3-2-4-9(11)5-8/h2-5H,6-7H2,1H3,(H,13,14). The van der Waals surface area contributed by atoms with Crippen LogP contribution >= 0.6 is 22.6 Å². The first-order chi connectivity index (χ1) is 7.81. The molecule has 0 heterocycles. The SMILES string of the molecule is CN(CC(=O)O)S(=O)(=O)Cc1cccc(I)c1. The average Bonchev–Trinajstić information content (AvgIpc) is 2.15. The molecule has 0 unspecified atom stereocenters. The van der Waals surface area contributed by atoms with Gasteiger partial charge in [0.05, 0.1) is 5.75 Å². The molecule has 7 heteroatoms. The van der Waals surface area contributed by atoms with Crippen molar-refractivity contribution < 1.29 is 18.3 Å². The van der Waals surface area contributed by atoms with Gasteiger partial charge in [-0.1, -0.05) is 12.1 Å². The van der Waals surface area contributed by atoms with E-state index in [4.69, 9.17) is 5.11 Å². The summed E-state index contributed by atoms with van der Waals surface area (Å²) in [6.07, 6.45) is 0. The summed E-state index contributed by atoms with van der Waals surface area (Å²) in [5.41, 5.74) is 0.647. The quantitative estimate of drug-likeness (QED) is 0.790. The van der Waals surface area contributed by atoms with Crippen molar-refractivity contribution in [3.05, 3.63) is 33.4 Å². The molecule has 1 rings (SSSR count). The Hall–Kier alpha value is -0.670. The fourth-order valence-electron chi connectivity index (χ4n) is 1.24. The highest BCUT2D eigenvalue weighted by Crippen LogP contribution is 2.12. The molecule has 0 aliphatic carbocycles. The molecular formula is C10H12INO4S. The minimum atomic E-state index is -3.58. The number of sulfonamides is 1. The van der Waals surface area contributed by atoms with Crippen molar-refractivity contribution in [2.24, 2.45) is 0 Å². The summed E-state index contributed by atoms with van der Waals surface area (Å²) in [4.78, 5) is 10.5. The van der Waals surface area contributed by atoms with Crippen LogP contribution in [0.3, 0.4) is 0 Å². The Morgan fingerprint density at radius 3 is 2.65 bits per heavy atom. The van der Waals surface area contributed by atoms with Crippen molar-refractivity contribution in [1.29, 1.82) is 0 Å². The molecule has 1 N–H and O–H groups in total. The van der Waals surface area contributed by atoms with Gasteiger partial charge in [-0.05, 0) is 40.3 Å². The van der Waals surface area contributed by atoms with Gasteiger partial charge in [-0.15, -0.1) is 0 Å². The Bertz CT molecular complexity index is 515. The first-order valence-electron chi connectivity index (χ1n) is 4.71. The van der Waals surface area contributed by atoms with Gasteiger partial charge in [0.15, 0.2) is 0 Å². The van der Waals surface area contributed by atoms with Gasteiger partial charge in [-0.3, -0.25) is 4.79 Å². The molecule has 94 valence electrons. The molecule has 0 aliphatic rings. The third-order valence-electron chi connectivity index (χ3n) is 2.07. The minimum absolute atomic E-state index is 0.187. The zero-order valence-electron chi connectivity index (χ0n) is 9.13. The molecule has 0 atom stereocenters. The lowest BCUT2D eigenvalue weighted by Crippen LogP contribution is -2.32. The summed E-state index contributed by atoms with van der Waals surface area (Å²) in [5.74, 6) is -1.35. The van der Waals surface area contributed by atoms with E-state index in [-0.39, 0.29) is 5.75 Å². The van der Waals surface area contributed by atoms with Crippen molar-refractivity contribution in [1.82, 2.24) is 4.31 Å². The molecular weight excluding hydrogens is 357 g/mol. The van der Waals surface area contributed by atoms with Crippen molar-refractivity contribution in [3.63, 3.8) is 0 Å². The van der Waals surface area contributed by atoms with Crippen LogP contribution in [0.25, 0.3) is 0 Å². The highest BCUT2D eigenvalue weighted by atomic mass is 127. The zero-order valence-corrected chi connectivity index (χ0v) is 12.1. The number of nitrogens with zero attached hydrogens (tertiary/aromatic N) is 1. The van der Waals surface area contributed by atoms with Crippen LogP contribution in [-0.2, 0) is 20.6 Å². The molecule has 0 saturated carbocycles. The van der Waals surface area contributed by atoms with Crippen LogP contribution in [0.1, 0.15) is 5.56 Å². The summed E-state index contributed by atoms with van der Waals surface area (Å²) in [6.45, 7) is -0.522. The second-order valence-electron chi connectivity index (χ2n) is 3.54. The largest absolute Gasteiger partial charge is 0.480 e. The molecule has 0 spiro atoms. The van der Waals surface area contributed by atoms with E-state index in [1.807, 2.05) is 6.07 Å². The second kappa shape index (κ2) is 5.78. The van der Waals surface area contributed by atoms with Crippen LogP contribution in [0, 0.1) is 3.57 Å². The maximum absolute atomic E-state index is 11.8. The van der Waals surface area contributed by atoms with E-state index in [1.165, 1.54) is 7.05 Å². The maximum atomic E-state index is 11.8. The first kappa shape index (κ1) is 14.4. The van der Waals surface area contributed by atoms with Crippen molar-refractivity contribution in [2.75, 3.05) is 13.6 Å².